The standard InChI is InChI=1S/C21H30N14O4/c1-26-19-28-13(24)11-15(30-19)35(21(39)32-17(11)37)9-7-33(5-3-2-4-22)6-8-34-14-10(16(36)31-20(34)38)12(23)27-18(25)29-14/h2-9,22H2,1H3,(H,31,36,38)(H,32,37,39)(H4,23,25,27,29)(H3,24,26,28,30). The molecule has 0 radical (unpaired) electrons. The molecule has 0 aliphatic heterocycles. The zero-order valence-corrected chi connectivity index (χ0v) is 21.2. The number of nitrogen functional groups attached to an aromatic ring is 3. The van der Waals surface area contributed by atoms with Crippen LogP contribution in [0.25, 0.3) is 22.1 Å². The fraction of sp³-hybridized carbons (Fsp3) is 0.429. The second-order valence-electron chi connectivity index (χ2n) is 8.71. The average Bonchev–Trinajstić information content (AvgIpc) is 2.86. The van der Waals surface area contributed by atoms with Crippen molar-refractivity contribution in [1.29, 1.82) is 0 Å². The van der Waals surface area contributed by atoms with Gasteiger partial charge < -0.3 is 28.3 Å². The summed E-state index contributed by atoms with van der Waals surface area (Å²) in [5.74, 6) is -0.226. The van der Waals surface area contributed by atoms with Crippen LogP contribution >= 0.6 is 0 Å². The van der Waals surface area contributed by atoms with Crippen LogP contribution in [-0.2, 0) is 13.1 Å². The maximum Gasteiger partial charge on any atom is 0.330 e. The van der Waals surface area contributed by atoms with E-state index in [0.717, 1.165) is 12.8 Å². The Kier molecular flexibility index (Phi) is 7.86. The van der Waals surface area contributed by atoms with Gasteiger partial charge in [0.25, 0.3) is 11.1 Å². The summed E-state index contributed by atoms with van der Waals surface area (Å²) in [6, 6.07) is 0. The molecule has 18 heteroatoms. The van der Waals surface area contributed by atoms with Crippen LogP contribution in [0.5, 0.6) is 0 Å². The molecule has 0 bridgehead atoms. The number of aromatic amines is 2. The minimum atomic E-state index is -0.713. The minimum absolute atomic E-state index is 0.00408. The number of nitrogens with one attached hydrogen (secondary N) is 3. The fourth-order valence-corrected chi connectivity index (χ4v) is 4.25. The molecule has 0 saturated carbocycles. The van der Waals surface area contributed by atoms with Crippen LogP contribution < -0.4 is 50.7 Å². The maximum absolute atomic E-state index is 12.7. The number of nitrogens with two attached hydrogens (primary N) is 4. The molecule has 0 fully saturated rings. The molecule has 4 heterocycles. The number of aromatic nitrogens is 8. The highest BCUT2D eigenvalue weighted by molar-refractivity contribution is 5.86. The maximum atomic E-state index is 12.7. The van der Waals surface area contributed by atoms with Crippen LogP contribution in [0.3, 0.4) is 0 Å². The lowest BCUT2D eigenvalue weighted by atomic mass is 10.3. The molecule has 0 atom stereocenters. The largest absolute Gasteiger partial charge is 0.383 e. The Bertz CT molecular complexity index is 1760. The summed E-state index contributed by atoms with van der Waals surface area (Å²) in [6.07, 6.45) is 1.51. The number of rotatable bonds is 11. The third-order valence-electron chi connectivity index (χ3n) is 6.18. The SMILES string of the molecule is CNc1nc(N)c2c(=O)[nH]c(=O)n(CCN(CCCCN)CCn3c(=O)[nH]c(=O)c4c(N)nc(N)nc43)c2n1. The van der Waals surface area contributed by atoms with Crippen molar-refractivity contribution in [2.24, 2.45) is 5.73 Å². The number of anilines is 4. The normalized spacial score (nSPS) is 11.6. The molecular weight excluding hydrogens is 512 g/mol. The molecule has 0 spiro atoms. The van der Waals surface area contributed by atoms with Crippen molar-refractivity contribution in [3.05, 3.63) is 41.7 Å². The lowest BCUT2D eigenvalue weighted by Gasteiger charge is -2.23. The first kappa shape index (κ1) is 27.2. The highest BCUT2D eigenvalue weighted by atomic mass is 16.2. The predicted octanol–water partition coefficient (Wildman–Crippen LogP) is -3.20. The third-order valence-corrected chi connectivity index (χ3v) is 6.18. The first-order valence-corrected chi connectivity index (χ1v) is 12.1. The van der Waals surface area contributed by atoms with Gasteiger partial charge in [0.05, 0.1) is 0 Å². The number of unbranched alkanes of at least 4 members (excludes halogenated alkanes) is 1. The molecule has 0 aromatic carbocycles. The van der Waals surface area contributed by atoms with E-state index < -0.39 is 22.5 Å². The number of nitrogens with zero attached hydrogens (tertiary/aromatic N) is 7. The highest BCUT2D eigenvalue weighted by Crippen LogP contribution is 2.15. The van der Waals surface area contributed by atoms with Gasteiger partial charge in [-0.1, -0.05) is 0 Å². The van der Waals surface area contributed by atoms with Crippen LogP contribution in [0.15, 0.2) is 19.2 Å². The van der Waals surface area contributed by atoms with Gasteiger partial charge in [-0.05, 0) is 25.9 Å². The molecule has 0 unspecified atom stereocenters. The lowest BCUT2D eigenvalue weighted by Crippen LogP contribution is -2.39. The zero-order valence-electron chi connectivity index (χ0n) is 21.2. The molecule has 39 heavy (non-hydrogen) atoms. The van der Waals surface area contributed by atoms with E-state index in [0.29, 0.717) is 26.2 Å². The van der Waals surface area contributed by atoms with Crippen LogP contribution in [0.2, 0.25) is 0 Å². The third kappa shape index (κ3) is 5.55. The summed E-state index contributed by atoms with van der Waals surface area (Å²) >= 11 is 0. The molecule has 18 nitrogen and oxygen atoms in total. The zero-order chi connectivity index (χ0) is 28.3. The average molecular weight is 543 g/mol. The summed E-state index contributed by atoms with van der Waals surface area (Å²) in [7, 11) is 1.59. The Morgan fingerprint density at radius 1 is 0.769 bits per heavy atom. The van der Waals surface area contributed by atoms with Crippen LogP contribution in [0.4, 0.5) is 23.5 Å². The van der Waals surface area contributed by atoms with E-state index in [2.05, 4.69) is 35.2 Å². The number of hydrogen-bond donors (Lipinski definition) is 7. The summed E-state index contributed by atoms with van der Waals surface area (Å²) < 4.78 is 2.57. The summed E-state index contributed by atoms with van der Waals surface area (Å²) in [4.78, 5) is 72.8. The van der Waals surface area contributed by atoms with Crippen LogP contribution in [0.1, 0.15) is 12.8 Å². The van der Waals surface area contributed by atoms with Crippen molar-refractivity contribution in [2.45, 2.75) is 25.9 Å². The first-order valence-electron chi connectivity index (χ1n) is 12.1. The summed E-state index contributed by atoms with van der Waals surface area (Å²) in [6.45, 7) is 1.99. The van der Waals surface area contributed by atoms with E-state index >= 15 is 0 Å². The Labute approximate surface area is 219 Å². The van der Waals surface area contributed by atoms with Crippen molar-refractivity contribution in [2.75, 3.05) is 55.7 Å². The van der Waals surface area contributed by atoms with Crippen molar-refractivity contribution in [3.63, 3.8) is 0 Å². The van der Waals surface area contributed by atoms with Gasteiger partial charge in [-0.25, -0.2) is 9.59 Å². The van der Waals surface area contributed by atoms with E-state index in [4.69, 9.17) is 22.9 Å². The Morgan fingerprint density at radius 3 is 1.85 bits per heavy atom. The van der Waals surface area contributed by atoms with E-state index in [1.54, 1.807) is 7.05 Å². The molecule has 0 amide bonds. The molecule has 11 N–H and O–H groups in total. The van der Waals surface area contributed by atoms with E-state index in [1.807, 2.05) is 4.90 Å². The minimum Gasteiger partial charge on any atom is -0.383 e. The van der Waals surface area contributed by atoms with Crippen molar-refractivity contribution in [3.8, 4) is 0 Å². The monoisotopic (exact) mass is 542 g/mol. The van der Waals surface area contributed by atoms with Gasteiger partial charge in [0.2, 0.25) is 11.9 Å². The van der Waals surface area contributed by atoms with Gasteiger partial charge in [-0.2, -0.15) is 19.9 Å². The van der Waals surface area contributed by atoms with E-state index in [9.17, 15) is 19.2 Å². The Balaban J connectivity index is 1.66. The van der Waals surface area contributed by atoms with Crippen LogP contribution in [0, 0.1) is 0 Å². The molecule has 4 rings (SSSR count). The van der Waals surface area contributed by atoms with Crippen LogP contribution in [-0.4, -0.2) is 77.2 Å². The molecule has 4 aromatic heterocycles. The smallest absolute Gasteiger partial charge is 0.330 e. The Morgan fingerprint density at radius 2 is 1.31 bits per heavy atom. The number of fused-ring (bicyclic) bond motifs is 2. The summed E-state index contributed by atoms with van der Waals surface area (Å²) in [5, 5.41) is 2.72. The molecule has 0 aliphatic rings. The van der Waals surface area contributed by atoms with Crippen molar-refractivity contribution in [1.82, 2.24) is 43.9 Å². The van der Waals surface area contributed by atoms with Gasteiger partial charge >= 0.3 is 11.4 Å². The van der Waals surface area contributed by atoms with Crippen molar-refractivity contribution >= 4 is 45.6 Å². The Hall–Kier alpha value is -4.84. The van der Waals surface area contributed by atoms with Gasteiger partial charge in [0.15, 0.2) is 11.3 Å². The fourth-order valence-electron chi connectivity index (χ4n) is 4.25. The highest BCUT2D eigenvalue weighted by Gasteiger charge is 2.17. The second-order valence-corrected chi connectivity index (χ2v) is 8.71. The molecule has 4 aromatic rings. The first-order chi connectivity index (χ1) is 18.6. The summed E-state index contributed by atoms with van der Waals surface area (Å²) in [5.41, 5.74) is 20.6. The lowest BCUT2D eigenvalue weighted by molar-refractivity contribution is 0.247. The second kappa shape index (κ2) is 11.3. The van der Waals surface area contributed by atoms with Crippen molar-refractivity contribution < 1.29 is 0 Å². The van der Waals surface area contributed by atoms with Gasteiger partial charge in [-0.3, -0.25) is 33.6 Å². The van der Waals surface area contributed by atoms with E-state index in [-0.39, 0.29) is 58.7 Å². The van der Waals surface area contributed by atoms with E-state index in [1.165, 1.54) is 9.13 Å². The molecular formula is C21H30N14O4. The molecule has 0 aliphatic carbocycles. The topological polar surface area (TPSA) is 281 Å². The molecule has 0 saturated heterocycles. The van der Waals surface area contributed by atoms with Gasteiger partial charge in [-0.15, -0.1) is 0 Å². The molecule has 208 valence electrons. The number of H-pyrrole nitrogens is 2. The number of hydrogen-bond acceptors (Lipinski definition) is 14. The van der Waals surface area contributed by atoms with Gasteiger partial charge in [0.1, 0.15) is 22.4 Å². The predicted molar refractivity (Wildman–Crippen MR) is 146 cm³/mol. The van der Waals surface area contributed by atoms with Gasteiger partial charge in [0, 0.05) is 33.2 Å². The quantitative estimate of drug-likeness (QED) is 0.0919.